The summed E-state index contributed by atoms with van der Waals surface area (Å²) in [5.74, 6) is 1.08. The minimum atomic E-state index is -0.165. The zero-order chi connectivity index (χ0) is 14.0. The number of aryl methyl sites for hydroxylation is 2. The Kier molecular flexibility index (Phi) is 3.51. The molecule has 1 aromatic carbocycles. The number of hydrogen-bond donors (Lipinski definition) is 0. The molecule has 4 nitrogen and oxygen atoms in total. The van der Waals surface area contributed by atoms with Gasteiger partial charge in [0.1, 0.15) is 11.5 Å². The molecule has 0 radical (unpaired) electrons. The van der Waals surface area contributed by atoms with E-state index >= 15 is 0 Å². The number of allylic oxidation sites excluding steroid dienone is 1. The molecule has 0 saturated carbocycles. The zero-order valence-corrected chi connectivity index (χ0v) is 11.2. The Balaban J connectivity index is 2.31. The van der Waals surface area contributed by atoms with E-state index < -0.39 is 0 Å². The fourth-order valence-electron chi connectivity index (χ4n) is 1.88. The molecule has 19 heavy (non-hydrogen) atoms. The van der Waals surface area contributed by atoms with E-state index in [0.717, 1.165) is 11.3 Å². The lowest BCUT2D eigenvalue weighted by molar-refractivity contribution is 0.105. The van der Waals surface area contributed by atoms with Crippen molar-refractivity contribution >= 4 is 11.4 Å². The quantitative estimate of drug-likeness (QED) is 0.623. The van der Waals surface area contributed by atoms with Gasteiger partial charge in [-0.05, 0) is 31.5 Å². The van der Waals surface area contributed by atoms with Crippen molar-refractivity contribution in [3.8, 4) is 5.75 Å². The average molecular weight is 257 g/mol. The molecule has 0 N–H and O–H groups in total. The number of benzene rings is 1. The van der Waals surface area contributed by atoms with Crippen LogP contribution in [0.25, 0.3) is 5.57 Å². The normalized spacial score (nSPS) is 10.3. The SMILES string of the molecule is C=C(C(=O)c1c(C)noc1C)c1ccc(OC)cc1. The molecular formula is C15H15NO3. The Bertz CT molecular complexity index is 604. The van der Waals surface area contributed by atoms with Crippen LogP contribution in [0.15, 0.2) is 35.4 Å². The van der Waals surface area contributed by atoms with Crippen molar-refractivity contribution in [2.45, 2.75) is 13.8 Å². The molecule has 0 saturated heterocycles. The average Bonchev–Trinajstić information content (AvgIpc) is 2.77. The summed E-state index contributed by atoms with van der Waals surface area (Å²) in [6.07, 6.45) is 0. The number of ether oxygens (including phenoxy) is 1. The van der Waals surface area contributed by atoms with Crippen LogP contribution in [0, 0.1) is 13.8 Å². The molecule has 0 bridgehead atoms. The number of carbonyl (C=O) groups is 1. The van der Waals surface area contributed by atoms with Crippen molar-refractivity contribution in [1.29, 1.82) is 0 Å². The topological polar surface area (TPSA) is 52.3 Å². The molecule has 98 valence electrons. The van der Waals surface area contributed by atoms with Crippen molar-refractivity contribution < 1.29 is 14.1 Å². The summed E-state index contributed by atoms with van der Waals surface area (Å²) in [5, 5.41) is 3.78. The first kappa shape index (κ1) is 13.1. The molecule has 0 aliphatic heterocycles. The molecule has 4 heteroatoms. The standard InChI is InChI=1S/C15H15NO3/c1-9(12-5-7-13(18-4)8-6-12)15(17)14-10(2)16-19-11(14)3/h5-8H,1H2,2-4H3. The van der Waals surface area contributed by atoms with Gasteiger partial charge in [0.25, 0.3) is 0 Å². The van der Waals surface area contributed by atoms with Gasteiger partial charge in [-0.2, -0.15) is 0 Å². The van der Waals surface area contributed by atoms with Crippen LogP contribution in [0.3, 0.4) is 0 Å². The van der Waals surface area contributed by atoms with E-state index in [1.165, 1.54) is 0 Å². The largest absolute Gasteiger partial charge is 0.497 e. The Morgan fingerprint density at radius 1 is 1.26 bits per heavy atom. The highest BCUT2D eigenvalue weighted by atomic mass is 16.5. The summed E-state index contributed by atoms with van der Waals surface area (Å²) in [6, 6.07) is 7.19. The number of ketones is 1. The molecule has 1 heterocycles. The number of Topliss-reactive ketones (excluding diaryl/α,β-unsaturated/α-hetero) is 1. The van der Waals surface area contributed by atoms with E-state index in [1.807, 2.05) is 0 Å². The number of nitrogens with zero attached hydrogens (tertiary/aromatic N) is 1. The van der Waals surface area contributed by atoms with Crippen molar-refractivity contribution in [3.05, 3.63) is 53.4 Å². The lowest BCUT2D eigenvalue weighted by atomic mass is 9.97. The first-order chi connectivity index (χ1) is 9.04. The molecule has 0 atom stereocenters. The number of rotatable bonds is 4. The lowest BCUT2D eigenvalue weighted by Crippen LogP contribution is -2.04. The molecule has 0 aliphatic carbocycles. The van der Waals surface area contributed by atoms with E-state index in [1.54, 1.807) is 45.2 Å². The Morgan fingerprint density at radius 3 is 2.37 bits per heavy atom. The predicted octanol–water partition coefficient (Wildman–Crippen LogP) is 3.20. The maximum Gasteiger partial charge on any atom is 0.198 e. The summed E-state index contributed by atoms with van der Waals surface area (Å²) in [4.78, 5) is 12.4. The number of aromatic nitrogens is 1. The van der Waals surface area contributed by atoms with Gasteiger partial charge in [-0.25, -0.2) is 0 Å². The summed E-state index contributed by atoms with van der Waals surface area (Å²) < 4.78 is 10.1. The predicted molar refractivity (Wildman–Crippen MR) is 72.3 cm³/mol. The molecule has 0 spiro atoms. The molecular weight excluding hydrogens is 242 g/mol. The second-order valence-electron chi connectivity index (χ2n) is 4.24. The van der Waals surface area contributed by atoms with Crippen LogP contribution < -0.4 is 4.74 Å². The summed E-state index contributed by atoms with van der Waals surface area (Å²) in [6.45, 7) is 7.32. The third kappa shape index (κ3) is 2.42. The van der Waals surface area contributed by atoms with E-state index in [2.05, 4.69) is 11.7 Å². The Hall–Kier alpha value is -2.36. The van der Waals surface area contributed by atoms with Crippen molar-refractivity contribution in [3.63, 3.8) is 0 Å². The number of hydrogen-bond acceptors (Lipinski definition) is 4. The minimum Gasteiger partial charge on any atom is -0.497 e. The molecule has 1 aromatic heterocycles. The second kappa shape index (κ2) is 5.10. The molecule has 2 rings (SSSR count). The van der Waals surface area contributed by atoms with Crippen LogP contribution in [-0.2, 0) is 0 Å². The number of methoxy groups -OCH3 is 1. The van der Waals surface area contributed by atoms with Gasteiger partial charge in [0.2, 0.25) is 0 Å². The van der Waals surface area contributed by atoms with Gasteiger partial charge in [-0.3, -0.25) is 4.79 Å². The van der Waals surface area contributed by atoms with Crippen LogP contribution in [-0.4, -0.2) is 18.0 Å². The first-order valence-corrected chi connectivity index (χ1v) is 5.85. The Morgan fingerprint density at radius 2 is 1.89 bits per heavy atom. The van der Waals surface area contributed by atoms with E-state index in [9.17, 15) is 4.79 Å². The third-order valence-corrected chi connectivity index (χ3v) is 2.97. The van der Waals surface area contributed by atoms with Gasteiger partial charge in [-0.1, -0.05) is 23.9 Å². The lowest BCUT2D eigenvalue weighted by Gasteiger charge is -2.06. The molecule has 0 amide bonds. The summed E-state index contributed by atoms with van der Waals surface area (Å²) >= 11 is 0. The van der Waals surface area contributed by atoms with Crippen LogP contribution in [0.4, 0.5) is 0 Å². The summed E-state index contributed by atoms with van der Waals surface area (Å²) in [7, 11) is 1.60. The maximum atomic E-state index is 12.4. The molecule has 0 unspecified atom stereocenters. The molecule has 2 aromatic rings. The molecule has 0 aliphatic rings. The van der Waals surface area contributed by atoms with Crippen LogP contribution in [0.5, 0.6) is 5.75 Å². The van der Waals surface area contributed by atoms with Gasteiger partial charge >= 0.3 is 0 Å². The van der Waals surface area contributed by atoms with Crippen LogP contribution in [0.2, 0.25) is 0 Å². The van der Waals surface area contributed by atoms with Crippen LogP contribution in [0.1, 0.15) is 27.4 Å². The van der Waals surface area contributed by atoms with Gasteiger partial charge < -0.3 is 9.26 Å². The van der Waals surface area contributed by atoms with E-state index in [4.69, 9.17) is 9.26 Å². The highest BCUT2D eigenvalue weighted by molar-refractivity contribution is 6.29. The van der Waals surface area contributed by atoms with Gasteiger partial charge in [-0.15, -0.1) is 0 Å². The number of carbonyl (C=O) groups excluding carboxylic acids is 1. The van der Waals surface area contributed by atoms with Gasteiger partial charge in [0.05, 0.1) is 18.4 Å². The molecule has 0 fully saturated rings. The van der Waals surface area contributed by atoms with E-state index in [-0.39, 0.29) is 5.78 Å². The monoisotopic (exact) mass is 257 g/mol. The van der Waals surface area contributed by atoms with Crippen molar-refractivity contribution in [1.82, 2.24) is 5.16 Å². The van der Waals surface area contributed by atoms with Crippen molar-refractivity contribution in [2.24, 2.45) is 0 Å². The fourth-order valence-corrected chi connectivity index (χ4v) is 1.88. The Labute approximate surface area is 111 Å². The highest BCUT2D eigenvalue weighted by Gasteiger charge is 2.20. The second-order valence-corrected chi connectivity index (χ2v) is 4.24. The third-order valence-electron chi connectivity index (χ3n) is 2.97. The first-order valence-electron chi connectivity index (χ1n) is 5.85. The van der Waals surface area contributed by atoms with Gasteiger partial charge in [0.15, 0.2) is 5.78 Å². The zero-order valence-electron chi connectivity index (χ0n) is 11.2. The van der Waals surface area contributed by atoms with Gasteiger partial charge in [0, 0.05) is 5.57 Å². The van der Waals surface area contributed by atoms with Crippen LogP contribution >= 0.6 is 0 Å². The van der Waals surface area contributed by atoms with Crippen molar-refractivity contribution in [2.75, 3.05) is 7.11 Å². The summed E-state index contributed by atoms with van der Waals surface area (Å²) in [5.41, 5.74) is 2.24. The maximum absolute atomic E-state index is 12.4. The fraction of sp³-hybridized carbons (Fsp3) is 0.200. The smallest absolute Gasteiger partial charge is 0.198 e. The highest BCUT2D eigenvalue weighted by Crippen LogP contribution is 2.24. The minimum absolute atomic E-state index is 0.165. The van der Waals surface area contributed by atoms with E-state index in [0.29, 0.717) is 22.6 Å².